The number of hydrogen-bond donors (Lipinski definition) is 0. The van der Waals surface area contributed by atoms with Crippen LogP contribution in [0.5, 0.6) is 0 Å². The van der Waals surface area contributed by atoms with Crippen LogP contribution in [-0.4, -0.2) is 34.2 Å². The number of ether oxygens (including phenoxy) is 2. The Morgan fingerprint density at radius 3 is 1.72 bits per heavy atom. The largest absolute Gasteiger partial charge is 0.468 e. The molecule has 0 atom stereocenters. The van der Waals surface area contributed by atoms with E-state index in [-0.39, 0.29) is 23.2 Å². The topological polar surface area (TPSA) is 52.6 Å². The number of allylic oxidation sites excluding steroid dienone is 1. The van der Waals surface area contributed by atoms with Crippen LogP contribution in [0.4, 0.5) is 0 Å². The van der Waals surface area contributed by atoms with E-state index in [0.29, 0.717) is 6.42 Å². The fourth-order valence-corrected chi connectivity index (χ4v) is 4.10. The Hall–Kier alpha value is -0.597. The second-order valence-electron chi connectivity index (χ2n) is 7.02. The number of carbonyl (C=O) groups is 2. The summed E-state index contributed by atoms with van der Waals surface area (Å²) < 4.78 is 9.58. The van der Waals surface area contributed by atoms with Gasteiger partial charge in [-0.2, -0.15) is 0 Å². The summed E-state index contributed by atoms with van der Waals surface area (Å²) in [7, 11) is 1.13. The molecule has 25 heavy (non-hydrogen) atoms. The Kier molecular flexibility index (Phi) is 10.3. The zero-order valence-electron chi connectivity index (χ0n) is 15.6. The summed E-state index contributed by atoms with van der Waals surface area (Å²) >= 11 is 0. The van der Waals surface area contributed by atoms with E-state index in [4.69, 9.17) is 9.47 Å². The molecule has 0 aliphatic heterocycles. The maximum absolute atomic E-state index is 12.0. The van der Waals surface area contributed by atoms with E-state index in [2.05, 4.69) is 32.3 Å². The first-order chi connectivity index (χ1) is 11.2. The maximum atomic E-state index is 12.0. The van der Waals surface area contributed by atoms with E-state index in [9.17, 15) is 9.59 Å². The Labute approximate surface area is 164 Å². The van der Waals surface area contributed by atoms with Crippen molar-refractivity contribution in [2.75, 3.05) is 14.2 Å². The van der Waals surface area contributed by atoms with Gasteiger partial charge in [0, 0.05) is 30.8 Å². The van der Waals surface area contributed by atoms with Gasteiger partial charge in [0.1, 0.15) is 0 Å². The summed E-state index contributed by atoms with van der Waals surface area (Å²) in [4.78, 5) is 24.0. The average Bonchev–Trinajstić information content (AvgIpc) is 3.17. The quantitative estimate of drug-likeness (QED) is 0.408. The number of carbonyl (C=O) groups excluding carboxylic acids is 2. The standard InChI is InChI=1S/C14H22O4Si.C5H5.Co/c1-10-7-14(12(15)17-2,13(16)18-3)8-11(10)9-19(4,5)6;1-2-4-5-3-1;/h9H,1,7-8H2,2-6H3;1-5H;. The molecule has 2 rings (SSSR count). The van der Waals surface area contributed by atoms with Crippen molar-refractivity contribution in [1.29, 1.82) is 0 Å². The second-order valence-corrected chi connectivity index (χ2v) is 12.0. The molecule has 2 saturated carbocycles. The van der Waals surface area contributed by atoms with Gasteiger partial charge in [0.15, 0.2) is 5.41 Å². The van der Waals surface area contributed by atoms with Gasteiger partial charge in [0.05, 0.1) is 14.2 Å². The minimum Gasteiger partial charge on any atom is -0.468 e. The fourth-order valence-electron chi connectivity index (χ4n) is 2.75. The Morgan fingerprint density at radius 2 is 1.40 bits per heavy atom. The van der Waals surface area contributed by atoms with E-state index >= 15 is 0 Å². The predicted molar refractivity (Wildman–Crippen MR) is 97.2 cm³/mol. The third kappa shape index (κ3) is 6.91. The molecule has 0 aromatic rings. The van der Waals surface area contributed by atoms with Crippen molar-refractivity contribution in [1.82, 2.24) is 0 Å². The zero-order valence-corrected chi connectivity index (χ0v) is 17.6. The molecule has 0 spiro atoms. The van der Waals surface area contributed by atoms with Gasteiger partial charge in [-0.3, -0.25) is 9.59 Å². The normalized spacial score (nSPS) is 19.5. The Balaban J connectivity index is 0.000000820. The number of methoxy groups -OCH3 is 2. The minimum absolute atomic E-state index is 0. The first-order valence-electron chi connectivity index (χ1n) is 7.89. The summed E-state index contributed by atoms with van der Waals surface area (Å²) in [6, 6.07) is 2.18. The average molecular weight is 406 g/mol. The van der Waals surface area contributed by atoms with Crippen LogP contribution in [0.3, 0.4) is 0 Å². The van der Waals surface area contributed by atoms with Gasteiger partial charge in [0.25, 0.3) is 0 Å². The molecule has 4 nitrogen and oxygen atoms in total. The number of rotatable bonds is 4. The fraction of sp³-hybridized carbons (Fsp3) is 0.421. The third-order valence-electron chi connectivity index (χ3n) is 3.78. The molecule has 0 heterocycles. The molecular formula is C19H27CoO4Si. The molecular weight excluding hydrogens is 379 g/mol. The number of hydrogen-bond acceptors (Lipinski definition) is 4. The van der Waals surface area contributed by atoms with Crippen LogP contribution < -0.4 is 0 Å². The van der Waals surface area contributed by atoms with Crippen molar-refractivity contribution >= 4 is 20.0 Å². The van der Waals surface area contributed by atoms with Gasteiger partial charge >= 0.3 is 11.9 Å². The second kappa shape index (κ2) is 10.5. The summed E-state index contributed by atoms with van der Waals surface area (Å²) in [5.41, 5.74) is -0.412. The SMILES string of the molecule is C=C1CC(C(=O)OC)(C(=O)OC)C[C]1[CH][Si](C)(C)C.[CH]1[CH][CH][CH][CH]1.[Co]. The molecule has 2 fully saturated rings. The maximum Gasteiger partial charge on any atom is 0.323 e. The number of esters is 2. The molecule has 0 bridgehead atoms. The van der Waals surface area contributed by atoms with Crippen LogP contribution in [0.15, 0.2) is 12.2 Å². The van der Waals surface area contributed by atoms with Crippen molar-refractivity contribution in [3.05, 3.63) is 56.2 Å². The molecule has 6 heteroatoms. The van der Waals surface area contributed by atoms with E-state index in [1.807, 2.05) is 32.1 Å². The van der Waals surface area contributed by atoms with Crippen LogP contribution >= 0.6 is 0 Å². The van der Waals surface area contributed by atoms with Crippen molar-refractivity contribution in [2.24, 2.45) is 5.41 Å². The summed E-state index contributed by atoms with van der Waals surface area (Å²) in [6.45, 7) is 10.6. The first-order valence-corrected chi connectivity index (χ1v) is 11.5. The van der Waals surface area contributed by atoms with Crippen molar-refractivity contribution < 1.29 is 35.8 Å². The van der Waals surface area contributed by atoms with Crippen LogP contribution in [0, 0.1) is 49.5 Å². The van der Waals surface area contributed by atoms with Gasteiger partial charge in [0.2, 0.25) is 0 Å². The van der Waals surface area contributed by atoms with Crippen LogP contribution in [-0.2, 0) is 35.8 Å². The summed E-state index contributed by atoms with van der Waals surface area (Å²) in [5, 5.41) is 0. The van der Waals surface area contributed by atoms with Crippen LogP contribution in [0.1, 0.15) is 12.8 Å². The molecule has 0 amide bonds. The predicted octanol–water partition coefficient (Wildman–Crippen LogP) is 3.34. The molecule has 140 valence electrons. The summed E-state index contributed by atoms with van der Waals surface area (Å²) in [5.74, 6) is -0.0890. The van der Waals surface area contributed by atoms with Crippen LogP contribution in [0.25, 0.3) is 0 Å². The van der Waals surface area contributed by atoms with Gasteiger partial charge in [-0.15, -0.1) is 0 Å². The van der Waals surface area contributed by atoms with Crippen LogP contribution in [0.2, 0.25) is 19.6 Å². The van der Waals surface area contributed by atoms with Crippen molar-refractivity contribution in [2.45, 2.75) is 32.5 Å². The molecule has 8 radical (unpaired) electrons. The molecule has 0 N–H and O–H groups in total. The van der Waals surface area contributed by atoms with E-state index in [1.165, 1.54) is 14.2 Å². The van der Waals surface area contributed by atoms with Gasteiger partial charge in [-0.05, 0) is 51.0 Å². The Morgan fingerprint density at radius 1 is 1.00 bits per heavy atom. The molecule has 0 aromatic heterocycles. The van der Waals surface area contributed by atoms with E-state index in [1.54, 1.807) is 0 Å². The molecule has 0 saturated heterocycles. The first kappa shape index (κ1) is 24.4. The smallest absolute Gasteiger partial charge is 0.323 e. The van der Waals surface area contributed by atoms with Crippen molar-refractivity contribution in [3.63, 3.8) is 0 Å². The summed E-state index contributed by atoms with van der Waals surface area (Å²) in [6.07, 6.45) is 10.6. The Bertz CT molecular complexity index is 443. The third-order valence-corrected chi connectivity index (χ3v) is 4.99. The monoisotopic (exact) mass is 406 g/mol. The van der Waals surface area contributed by atoms with Crippen molar-refractivity contribution in [3.8, 4) is 0 Å². The van der Waals surface area contributed by atoms with Gasteiger partial charge in [-0.25, -0.2) is 0 Å². The minimum atomic E-state index is -1.44. The molecule has 2 aliphatic rings. The zero-order chi connectivity index (χ0) is 18.4. The molecule has 0 aromatic carbocycles. The van der Waals surface area contributed by atoms with Gasteiger partial charge < -0.3 is 9.47 Å². The molecule has 2 aliphatic carbocycles. The van der Waals surface area contributed by atoms with E-state index < -0.39 is 25.4 Å². The van der Waals surface area contributed by atoms with E-state index in [0.717, 1.165) is 11.5 Å². The molecule has 0 unspecified atom stereocenters. The van der Waals surface area contributed by atoms with Gasteiger partial charge in [-0.1, -0.05) is 31.8 Å².